The van der Waals surface area contributed by atoms with Gasteiger partial charge in [-0.05, 0) is 30.9 Å². The van der Waals surface area contributed by atoms with E-state index < -0.39 is 10.8 Å². The van der Waals surface area contributed by atoms with Crippen LogP contribution in [0.1, 0.15) is 32.1 Å². The molecule has 0 bridgehead atoms. The predicted octanol–water partition coefficient (Wildman–Crippen LogP) is 2.71. The maximum Gasteiger partial charge on any atom is 0.134 e. The van der Waals surface area contributed by atoms with Crippen LogP contribution < -0.4 is 10.5 Å². The number of rotatable bonds is 5. The molecule has 0 aliphatic heterocycles. The molecule has 0 spiro atoms. The van der Waals surface area contributed by atoms with Crippen LogP contribution in [0.4, 0.5) is 0 Å². The quantitative estimate of drug-likeness (QED) is 0.903. The highest BCUT2D eigenvalue weighted by molar-refractivity contribution is 7.85. The molecule has 1 aromatic carbocycles. The Morgan fingerprint density at radius 3 is 2.68 bits per heavy atom. The van der Waals surface area contributed by atoms with Crippen LogP contribution in [0.15, 0.2) is 29.2 Å². The maximum atomic E-state index is 12.4. The number of methoxy groups -OCH3 is 1. The Hall–Kier alpha value is -0.870. The van der Waals surface area contributed by atoms with Gasteiger partial charge in [-0.3, -0.25) is 4.21 Å². The van der Waals surface area contributed by atoms with Crippen molar-refractivity contribution < 1.29 is 8.95 Å². The summed E-state index contributed by atoms with van der Waals surface area (Å²) in [4.78, 5) is 0.760. The lowest BCUT2D eigenvalue weighted by Crippen LogP contribution is -2.36. The molecule has 4 heteroatoms. The van der Waals surface area contributed by atoms with Crippen molar-refractivity contribution in [3.8, 4) is 5.75 Å². The lowest BCUT2D eigenvalue weighted by Gasteiger charge is -2.27. The van der Waals surface area contributed by atoms with Crippen LogP contribution in [0.25, 0.3) is 0 Å². The summed E-state index contributed by atoms with van der Waals surface area (Å²) >= 11 is 0. The van der Waals surface area contributed by atoms with Gasteiger partial charge in [-0.1, -0.05) is 31.4 Å². The zero-order valence-corrected chi connectivity index (χ0v) is 12.3. The summed E-state index contributed by atoms with van der Waals surface area (Å²) in [6, 6.07) is 7.52. The SMILES string of the molecule is COc1ccccc1S(=O)CC(N)C1CCCCC1. The van der Waals surface area contributed by atoms with Crippen molar-refractivity contribution in [1.29, 1.82) is 0 Å². The molecular weight excluding hydrogens is 258 g/mol. The second-order valence-electron chi connectivity index (χ2n) is 5.22. The van der Waals surface area contributed by atoms with Crippen molar-refractivity contribution in [1.82, 2.24) is 0 Å². The number of hydrogen-bond donors (Lipinski definition) is 1. The fourth-order valence-corrected chi connectivity index (χ4v) is 4.18. The van der Waals surface area contributed by atoms with Gasteiger partial charge in [0.2, 0.25) is 0 Å². The summed E-state index contributed by atoms with van der Waals surface area (Å²) in [6.45, 7) is 0. The number of para-hydroxylation sites is 1. The van der Waals surface area contributed by atoms with Crippen LogP contribution in [0.2, 0.25) is 0 Å². The molecule has 1 aliphatic carbocycles. The molecule has 1 saturated carbocycles. The normalized spacial score (nSPS) is 19.9. The molecule has 0 heterocycles. The molecule has 1 aliphatic rings. The first-order chi connectivity index (χ1) is 9.22. The van der Waals surface area contributed by atoms with Crippen LogP contribution in [-0.4, -0.2) is 23.1 Å². The molecule has 2 rings (SSSR count). The average Bonchev–Trinajstić information content (AvgIpc) is 2.48. The topological polar surface area (TPSA) is 52.3 Å². The van der Waals surface area contributed by atoms with Crippen LogP contribution >= 0.6 is 0 Å². The van der Waals surface area contributed by atoms with Gasteiger partial charge < -0.3 is 10.5 Å². The molecule has 0 aromatic heterocycles. The van der Waals surface area contributed by atoms with E-state index in [1.54, 1.807) is 7.11 Å². The van der Waals surface area contributed by atoms with Crippen molar-refractivity contribution >= 4 is 10.8 Å². The summed E-state index contributed by atoms with van der Waals surface area (Å²) in [5.74, 6) is 1.76. The number of benzene rings is 1. The van der Waals surface area contributed by atoms with E-state index in [4.69, 9.17) is 10.5 Å². The molecule has 2 atom stereocenters. The minimum absolute atomic E-state index is 0.0334. The second-order valence-corrected chi connectivity index (χ2v) is 6.69. The van der Waals surface area contributed by atoms with E-state index in [2.05, 4.69) is 0 Å². The van der Waals surface area contributed by atoms with Crippen LogP contribution in [0, 0.1) is 5.92 Å². The monoisotopic (exact) mass is 281 g/mol. The average molecular weight is 281 g/mol. The summed E-state index contributed by atoms with van der Waals surface area (Å²) in [5, 5.41) is 0. The van der Waals surface area contributed by atoms with Gasteiger partial charge in [-0.2, -0.15) is 0 Å². The lowest BCUT2D eigenvalue weighted by molar-refractivity contribution is 0.318. The maximum absolute atomic E-state index is 12.4. The molecule has 0 saturated heterocycles. The fourth-order valence-electron chi connectivity index (χ4n) is 2.77. The zero-order valence-electron chi connectivity index (χ0n) is 11.5. The molecule has 1 fully saturated rings. The first kappa shape index (κ1) is 14.5. The third-order valence-electron chi connectivity index (χ3n) is 3.91. The second kappa shape index (κ2) is 7.06. The Morgan fingerprint density at radius 1 is 1.32 bits per heavy atom. The highest BCUT2D eigenvalue weighted by atomic mass is 32.2. The molecule has 3 nitrogen and oxygen atoms in total. The van der Waals surface area contributed by atoms with Gasteiger partial charge in [-0.15, -0.1) is 0 Å². The van der Waals surface area contributed by atoms with E-state index in [9.17, 15) is 4.21 Å². The fraction of sp³-hybridized carbons (Fsp3) is 0.600. The number of ether oxygens (including phenoxy) is 1. The van der Waals surface area contributed by atoms with E-state index in [-0.39, 0.29) is 6.04 Å². The highest BCUT2D eigenvalue weighted by Crippen LogP contribution is 2.28. The van der Waals surface area contributed by atoms with Gasteiger partial charge in [0.25, 0.3) is 0 Å². The van der Waals surface area contributed by atoms with Crippen molar-refractivity contribution in [2.75, 3.05) is 12.9 Å². The van der Waals surface area contributed by atoms with Crippen LogP contribution in [0.5, 0.6) is 5.75 Å². The van der Waals surface area contributed by atoms with E-state index >= 15 is 0 Å². The number of hydrogen-bond acceptors (Lipinski definition) is 3. The molecule has 0 amide bonds. The van der Waals surface area contributed by atoms with E-state index in [1.807, 2.05) is 24.3 Å². The van der Waals surface area contributed by atoms with Gasteiger partial charge in [-0.25, -0.2) is 0 Å². The van der Waals surface area contributed by atoms with Crippen LogP contribution in [0.3, 0.4) is 0 Å². The Labute approximate surface area is 118 Å². The van der Waals surface area contributed by atoms with E-state index in [0.29, 0.717) is 17.4 Å². The molecule has 2 unspecified atom stereocenters. The van der Waals surface area contributed by atoms with Crippen LogP contribution in [-0.2, 0) is 10.8 Å². The van der Waals surface area contributed by atoms with Crippen molar-refractivity contribution in [3.63, 3.8) is 0 Å². The standard InChI is InChI=1S/C15H23NO2S/c1-18-14-9-5-6-10-15(14)19(17)11-13(16)12-7-3-2-4-8-12/h5-6,9-10,12-13H,2-4,7-8,11,16H2,1H3. The van der Waals surface area contributed by atoms with E-state index in [1.165, 1.54) is 32.1 Å². The van der Waals surface area contributed by atoms with Gasteiger partial charge in [0.1, 0.15) is 5.75 Å². The minimum Gasteiger partial charge on any atom is -0.495 e. The predicted molar refractivity (Wildman–Crippen MR) is 78.8 cm³/mol. The van der Waals surface area contributed by atoms with Gasteiger partial charge in [0.05, 0.1) is 22.8 Å². The Morgan fingerprint density at radius 2 is 2.00 bits per heavy atom. The Balaban J connectivity index is 1.99. The molecule has 1 aromatic rings. The van der Waals surface area contributed by atoms with Crippen molar-refractivity contribution in [3.05, 3.63) is 24.3 Å². The van der Waals surface area contributed by atoms with Crippen molar-refractivity contribution in [2.45, 2.75) is 43.0 Å². The summed E-state index contributed by atoms with van der Waals surface area (Å²) in [5.41, 5.74) is 6.24. The Kier molecular flexibility index (Phi) is 5.40. The molecular formula is C15H23NO2S. The smallest absolute Gasteiger partial charge is 0.134 e. The van der Waals surface area contributed by atoms with Gasteiger partial charge in [0.15, 0.2) is 0 Å². The minimum atomic E-state index is -1.08. The largest absolute Gasteiger partial charge is 0.495 e. The summed E-state index contributed by atoms with van der Waals surface area (Å²) in [6.07, 6.45) is 6.21. The number of nitrogens with two attached hydrogens (primary N) is 1. The summed E-state index contributed by atoms with van der Waals surface area (Å²) < 4.78 is 17.7. The first-order valence-corrected chi connectivity index (χ1v) is 8.31. The van der Waals surface area contributed by atoms with Gasteiger partial charge in [0, 0.05) is 11.8 Å². The zero-order chi connectivity index (χ0) is 13.7. The molecule has 0 radical (unpaired) electrons. The van der Waals surface area contributed by atoms with E-state index in [0.717, 1.165) is 4.90 Å². The lowest BCUT2D eigenvalue weighted by atomic mass is 9.85. The third-order valence-corrected chi connectivity index (χ3v) is 5.43. The Bertz CT molecular complexity index is 430. The molecule has 106 valence electrons. The highest BCUT2D eigenvalue weighted by Gasteiger charge is 2.23. The first-order valence-electron chi connectivity index (χ1n) is 6.99. The summed E-state index contributed by atoms with van der Waals surface area (Å²) in [7, 11) is 0.532. The van der Waals surface area contributed by atoms with Crippen molar-refractivity contribution in [2.24, 2.45) is 11.7 Å². The van der Waals surface area contributed by atoms with Gasteiger partial charge >= 0.3 is 0 Å². The molecule has 2 N–H and O–H groups in total. The molecule has 19 heavy (non-hydrogen) atoms. The third kappa shape index (κ3) is 3.80.